The lowest BCUT2D eigenvalue weighted by Crippen LogP contribution is -2.61. The number of hydrogen-bond donors (Lipinski definition) is 6. The quantitative estimate of drug-likeness (QED) is 0.0924. The van der Waals surface area contributed by atoms with Crippen LogP contribution in [0.5, 0.6) is 0 Å². The van der Waals surface area contributed by atoms with E-state index in [0.29, 0.717) is 64.5 Å². The Bertz CT molecular complexity index is 2900. The van der Waals surface area contributed by atoms with Crippen molar-refractivity contribution in [1.82, 2.24) is 65.8 Å². The molecule has 3 unspecified atom stereocenters. The smallest absolute Gasteiger partial charge is 0.248 e. The Morgan fingerprint density at radius 2 is 1.01 bits per heavy atom. The Morgan fingerprint density at radius 3 is 1.53 bits per heavy atom. The molecule has 105 heavy (non-hydrogen) atoms. The molecule has 4 aliphatic rings. The van der Waals surface area contributed by atoms with Gasteiger partial charge in [-0.25, -0.2) is 0 Å². The van der Waals surface area contributed by atoms with Crippen molar-refractivity contribution in [3.05, 3.63) is 0 Å². The molecule has 2 heterocycles. The molecule has 598 valence electrons. The number of hydrogen-bond acceptors (Lipinski definition) is 15. The van der Waals surface area contributed by atoms with Crippen molar-refractivity contribution in [2.24, 2.45) is 41.4 Å². The maximum Gasteiger partial charge on any atom is 0.248 e. The van der Waals surface area contributed by atoms with Crippen molar-refractivity contribution in [1.29, 1.82) is 0 Å². The van der Waals surface area contributed by atoms with E-state index in [1.54, 1.807) is 18.9 Å². The molecule has 0 aromatic rings. The molecule has 0 radical (unpaired) electrons. The lowest BCUT2D eigenvalue weighted by atomic mass is 9.77. The molecule has 0 aromatic heterocycles. The number of piperidine rings is 1. The van der Waals surface area contributed by atoms with Gasteiger partial charge in [0.05, 0.1) is 37.6 Å². The molecule has 4 fully saturated rings. The molecule has 0 spiro atoms. The normalized spacial score (nSPS) is 27.8. The molecular formula is C77H135N13O15. The number of ether oxygens (including phenoxy) is 1. The van der Waals surface area contributed by atoms with Crippen LogP contribution in [0.1, 0.15) is 217 Å². The number of nitrogens with one attached hydrogen (secondary N) is 5. The standard InChI is InChI=1S/C77H135N13O15/c1-20-22-35-90-46-66(94)85(15)62(42-52-29-25-23-26-30-52)76(103)88(18)61(41-50(9)10)72(99)80-56(38-47(3)4)74(101)87(17)60(40-49(7)8)71(98)81-57(75(102)89-36-27-24-28-37-89)44-64(92)83(13)45-65(93)84(14)59(39-48(5)6)70(97)79-55(34-32-53-31-33-54(68(95)78-12)63(43-53)105-19)73(100)86(16)58(21-2)69(96)82-67(51(11)91)77(90)104/h47-63,67,91H,20-46H2,1-19H3,(H,78,95)(H,79,97)(H,80,99)(H,81,98)(H,82,96)/t51-,53?,54?,55+,56+,57+,58+,59+,60+,61+,62+,63?,67+/m1/s1. The summed E-state index contributed by atoms with van der Waals surface area (Å²) >= 11 is 0. The summed E-state index contributed by atoms with van der Waals surface area (Å²) in [4.78, 5) is 204. The zero-order valence-electron chi connectivity index (χ0n) is 67.2. The first-order valence-corrected chi connectivity index (χ1v) is 39.2. The molecule has 28 nitrogen and oxygen atoms in total. The van der Waals surface area contributed by atoms with E-state index in [1.807, 2.05) is 62.3 Å². The second-order valence-corrected chi connectivity index (χ2v) is 32.2. The maximum atomic E-state index is 15.5. The van der Waals surface area contributed by atoms with Gasteiger partial charge in [0, 0.05) is 76.1 Å². The number of rotatable bonds is 21. The largest absolute Gasteiger partial charge is 0.391 e. The molecule has 13 atom stereocenters. The maximum absolute atomic E-state index is 15.5. The molecule has 2 aliphatic heterocycles. The van der Waals surface area contributed by atoms with Gasteiger partial charge in [0.25, 0.3) is 0 Å². The molecule has 6 N–H and O–H groups in total. The Kier molecular flexibility index (Phi) is 37.7. The first kappa shape index (κ1) is 90.4. The third-order valence-corrected chi connectivity index (χ3v) is 21.9. The van der Waals surface area contributed by atoms with Gasteiger partial charge in [0.2, 0.25) is 76.8 Å². The van der Waals surface area contributed by atoms with E-state index in [0.717, 1.165) is 43.4 Å². The Balaban J connectivity index is 1.95. The number of methoxy groups -OCH3 is 1. The average Bonchev–Trinajstić information content (AvgIpc) is 0.819. The Morgan fingerprint density at radius 1 is 0.524 bits per heavy atom. The summed E-state index contributed by atoms with van der Waals surface area (Å²) in [5.41, 5.74) is 0. The van der Waals surface area contributed by atoms with Crippen LogP contribution in [-0.4, -0.2) is 277 Å². The SMILES string of the molecule is CCCCN1CC(=O)N(C)[C@@H](CC2CCCCC2)C(=O)N(C)[C@@H](CC(C)C)C(=O)N[C@@H](CC(C)C)C(=O)N(C)[C@@H](CC(C)C)C(=O)N[C@H](C(=O)N2CCCCC2)CC(=O)N(C)CC(=O)N(C)[C@@H](CC(C)C)C(=O)N[C@@H](CCC2CCC(C(=O)NC)C(OC)C2)C(=O)N(C)[C@@H](CC)C(=O)N[C@@H]([C@@H](C)O)C1=O. The van der Waals surface area contributed by atoms with Gasteiger partial charge >= 0.3 is 0 Å². The van der Waals surface area contributed by atoms with Crippen LogP contribution in [-0.2, 0) is 67.1 Å². The summed E-state index contributed by atoms with van der Waals surface area (Å²) in [5.74, 6) is -9.44. The molecule has 28 heteroatoms. The van der Waals surface area contributed by atoms with Crippen LogP contribution < -0.4 is 26.6 Å². The molecule has 0 bridgehead atoms. The summed E-state index contributed by atoms with van der Waals surface area (Å²) in [6, 6.07) is -11.7. The first-order chi connectivity index (χ1) is 49.4. The fraction of sp³-hybridized carbons (Fsp3) is 0.831. The van der Waals surface area contributed by atoms with Crippen molar-refractivity contribution < 1.29 is 72.2 Å². The summed E-state index contributed by atoms with van der Waals surface area (Å²) < 4.78 is 5.82. The van der Waals surface area contributed by atoms with Gasteiger partial charge in [-0.05, 0) is 139 Å². The minimum atomic E-state index is -1.64. The highest BCUT2D eigenvalue weighted by molar-refractivity contribution is 6.00. The second-order valence-electron chi connectivity index (χ2n) is 32.2. The van der Waals surface area contributed by atoms with E-state index < -0.39 is 163 Å². The Labute approximate surface area is 626 Å². The average molecular weight is 1480 g/mol. The van der Waals surface area contributed by atoms with Gasteiger partial charge in [-0.3, -0.25) is 62.3 Å². The topological polar surface area (TPSA) is 337 Å². The number of amides is 13. The van der Waals surface area contributed by atoms with Gasteiger partial charge in [0.1, 0.15) is 54.4 Å². The number of nitrogens with zero attached hydrogens (tertiary/aromatic N) is 8. The van der Waals surface area contributed by atoms with E-state index in [9.17, 15) is 29.1 Å². The van der Waals surface area contributed by atoms with Gasteiger partial charge in [-0.15, -0.1) is 0 Å². The predicted octanol–water partition coefficient (Wildman–Crippen LogP) is 4.47. The predicted molar refractivity (Wildman–Crippen MR) is 401 cm³/mol. The number of unbranched alkanes of at least 4 members (excludes halogenated alkanes) is 1. The van der Waals surface area contributed by atoms with Crippen LogP contribution in [0.2, 0.25) is 0 Å². The highest BCUT2D eigenvalue weighted by atomic mass is 16.5. The van der Waals surface area contributed by atoms with Crippen LogP contribution in [0, 0.1) is 41.4 Å². The van der Waals surface area contributed by atoms with E-state index in [-0.39, 0.29) is 92.9 Å². The van der Waals surface area contributed by atoms with Crippen LogP contribution in [0.25, 0.3) is 0 Å². The van der Waals surface area contributed by atoms with E-state index in [1.165, 1.54) is 85.7 Å². The minimum absolute atomic E-state index is 0.00646. The Hall–Kier alpha value is -6.97. The van der Waals surface area contributed by atoms with Crippen molar-refractivity contribution >= 4 is 76.8 Å². The van der Waals surface area contributed by atoms with Crippen molar-refractivity contribution in [2.45, 2.75) is 284 Å². The number of likely N-dealkylation sites (N-methyl/N-ethyl adjacent to an activating group) is 6. The van der Waals surface area contributed by atoms with Crippen molar-refractivity contribution in [2.75, 3.05) is 89.2 Å². The molecule has 13 amide bonds. The highest BCUT2D eigenvalue weighted by Crippen LogP contribution is 2.35. The number of likely N-dealkylation sites (tertiary alicyclic amines) is 1. The summed E-state index contributed by atoms with van der Waals surface area (Å²) in [5, 5.41) is 25.7. The lowest BCUT2D eigenvalue weighted by Gasteiger charge is -2.38. The lowest BCUT2D eigenvalue weighted by molar-refractivity contribution is -0.152. The number of carbonyl (C=O) groups is 13. The summed E-state index contributed by atoms with van der Waals surface area (Å²) in [6.45, 7) is 19.5. The zero-order chi connectivity index (χ0) is 78.9. The minimum Gasteiger partial charge on any atom is -0.391 e. The van der Waals surface area contributed by atoms with Gasteiger partial charge in [-0.2, -0.15) is 0 Å². The van der Waals surface area contributed by atoms with Crippen molar-refractivity contribution in [3.63, 3.8) is 0 Å². The fourth-order valence-corrected chi connectivity index (χ4v) is 15.4. The molecule has 2 saturated heterocycles. The molecule has 2 saturated carbocycles. The van der Waals surface area contributed by atoms with E-state index in [2.05, 4.69) is 26.6 Å². The van der Waals surface area contributed by atoms with Crippen LogP contribution in [0.15, 0.2) is 0 Å². The third kappa shape index (κ3) is 26.7. The first-order valence-electron chi connectivity index (χ1n) is 39.2. The fourth-order valence-electron chi connectivity index (χ4n) is 15.4. The zero-order valence-corrected chi connectivity index (χ0v) is 67.2. The van der Waals surface area contributed by atoms with E-state index >= 15 is 38.4 Å². The summed E-state index contributed by atoms with van der Waals surface area (Å²) in [6.07, 6.45) is 7.76. The molecule has 0 aromatic carbocycles. The monoisotopic (exact) mass is 1480 g/mol. The van der Waals surface area contributed by atoms with Crippen molar-refractivity contribution in [3.8, 4) is 0 Å². The number of aliphatic hydroxyl groups excluding tert-OH is 1. The molecule has 4 rings (SSSR count). The van der Waals surface area contributed by atoms with Gasteiger partial charge < -0.3 is 75.6 Å². The molecule has 2 aliphatic carbocycles. The van der Waals surface area contributed by atoms with Crippen LogP contribution in [0.3, 0.4) is 0 Å². The molecular weight excluding hydrogens is 1350 g/mol. The van der Waals surface area contributed by atoms with Crippen LogP contribution in [0.4, 0.5) is 0 Å². The van der Waals surface area contributed by atoms with Gasteiger partial charge in [-0.1, -0.05) is 108 Å². The van der Waals surface area contributed by atoms with Crippen LogP contribution >= 0.6 is 0 Å². The highest BCUT2D eigenvalue weighted by Gasteiger charge is 2.44. The van der Waals surface area contributed by atoms with Gasteiger partial charge in [0.15, 0.2) is 0 Å². The second kappa shape index (κ2) is 43.7. The third-order valence-electron chi connectivity index (χ3n) is 21.9. The number of carbonyl (C=O) groups excluding carboxylic acids is 13. The summed E-state index contributed by atoms with van der Waals surface area (Å²) in [7, 11) is 11.8. The number of aliphatic hydroxyl groups is 1. The van der Waals surface area contributed by atoms with E-state index in [4.69, 9.17) is 4.74 Å².